The molecule has 0 aliphatic carbocycles. The van der Waals surface area contributed by atoms with Gasteiger partial charge < -0.3 is 4.74 Å². The summed E-state index contributed by atoms with van der Waals surface area (Å²) < 4.78 is 6.16. The predicted octanol–water partition coefficient (Wildman–Crippen LogP) is 1.86. The molecule has 0 amide bonds. The minimum atomic E-state index is -0.411. The van der Waals surface area contributed by atoms with Crippen LogP contribution in [-0.4, -0.2) is 17.6 Å². The van der Waals surface area contributed by atoms with Gasteiger partial charge in [-0.2, -0.15) is 0 Å². The fraction of sp³-hybridized carbons (Fsp3) is 0.200. The van der Waals surface area contributed by atoms with E-state index in [1.54, 1.807) is 6.20 Å². The Morgan fingerprint density at radius 1 is 1.21 bits per heavy atom. The molecule has 0 bridgehead atoms. The number of pyridine rings is 1. The van der Waals surface area contributed by atoms with Gasteiger partial charge in [0.15, 0.2) is 0 Å². The Morgan fingerprint density at radius 3 is 2.53 bits per heavy atom. The fourth-order valence-corrected chi connectivity index (χ4v) is 1.89. The second-order valence-electron chi connectivity index (χ2n) is 4.24. The van der Waals surface area contributed by atoms with Crippen LogP contribution in [0.1, 0.15) is 11.1 Å². The molecule has 4 nitrogen and oxygen atoms in total. The van der Waals surface area contributed by atoms with Crippen LogP contribution < -0.4 is 5.56 Å². The molecule has 1 aromatic heterocycles. The van der Waals surface area contributed by atoms with E-state index in [-0.39, 0.29) is 12.0 Å². The zero-order valence-electron chi connectivity index (χ0n) is 10.9. The molecule has 1 aromatic carbocycles. The summed E-state index contributed by atoms with van der Waals surface area (Å²) in [5.41, 5.74) is 1.86. The average molecular weight is 257 g/mol. The molecule has 98 valence electrons. The van der Waals surface area contributed by atoms with Crippen molar-refractivity contribution < 1.29 is 9.53 Å². The van der Waals surface area contributed by atoms with Crippen LogP contribution in [-0.2, 0) is 16.0 Å². The lowest BCUT2D eigenvalue weighted by Gasteiger charge is -2.10. The molecule has 0 aliphatic heterocycles. The molecule has 19 heavy (non-hydrogen) atoms. The average Bonchev–Trinajstić information content (AvgIpc) is 2.44. The van der Waals surface area contributed by atoms with Gasteiger partial charge in [0.05, 0.1) is 13.5 Å². The molecule has 4 heteroatoms. The first kappa shape index (κ1) is 13.1. The Morgan fingerprint density at radius 2 is 1.89 bits per heavy atom. The Balaban J connectivity index is 2.52. The number of methoxy groups -OCH3 is 1. The van der Waals surface area contributed by atoms with Crippen molar-refractivity contribution >= 4 is 5.97 Å². The van der Waals surface area contributed by atoms with E-state index in [0.29, 0.717) is 5.56 Å². The minimum absolute atomic E-state index is 0.00512. The number of nitrogens with zero attached hydrogens (tertiary/aromatic N) is 1. The number of esters is 1. The number of ether oxygens (including phenoxy) is 1. The number of aryl methyl sites for hydroxylation is 1. The maximum Gasteiger partial charge on any atom is 0.310 e. The van der Waals surface area contributed by atoms with Crippen molar-refractivity contribution in [3.05, 3.63) is 64.1 Å². The van der Waals surface area contributed by atoms with Gasteiger partial charge in [0.25, 0.3) is 5.56 Å². The molecule has 2 aromatic rings. The van der Waals surface area contributed by atoms with Crippen LogP contribution in [0.15, 0.2) is 47.4 Å². The van der Waals surface area contributed by atoms with E-state index in [4.69, 9.17) is 0 Å². The van der Waals surface area contributed by atoms with Crippen molar-refractivity contribution in [1.82, 2.24) is 4.57 Å². The van der Waals surface area contributed by atoms with Crippen LogP contribution in [0, 0.1) is 6.92 Å². The van der Waals surface area contributed by atoms with Crippen molar-refractivity contribution in [2.45, 2.75) is 13.3 Å². The molecule has 1 heterocycles. The normalized spacial score (nSPS) is 10.2. The summed E-state index contributed by atoms with van der Waals surface area (Å²) in [6.45, 7) is 1.81. The van der Waals surface area contributed by atoms with Gasteiger partial charge in [-0.15, -0.1) is 0 Å². The topological polar surface area (TPSA) is 48.3 Å². The first-order chi connectivity index (χ1) is 9.13. The SMILES string of the molecule is COC(=O)Cc1c(C)ccn(-c2ccccc2)c1=O. The van der Waals surface area contributed by atoms with E-state index in [0.717, 1.165) is 11.3 Å². The highest BCUT2D eigenvalue weighted by molar-refractivity contribution is 5.72. The summed E-state index contributed by atoms with van der Waals surface area (Å²) >= 11 is 0. The third-order valence-electron chi connectivity index (χ3n) is 3.01. The molecule has 0 saturated heterocycles. The van der Waals surface area contributed by atoms with Crippen molar-refractivity contribution in [2.75, 3.05) is 7.11 Å². The van der Waals surface area contributed by atoms with Gasteiger partial charge in [0, 0.05) is 17.4 Å². The van der Waals surface area contributed by atoms with Crippen LogP contribution in [0.2, 0.25) is 0 Å². The second-order valence-corrected chi connectivity index (χ2v) is 4.24. The van der Waals surface area contributed by atoms with E-state index in [1.807, 2.05) is 43.3 Å². The highest BCUT2D eigenvalue weighted by atomic mass is 16.5. The van der Waals surface area contributed by atoms with Crippen molar-refractivity contribution in [3.63, 3.8) is 0 Å². The Kier molecular flexibility index (Phi) is 3.80. The third-order valence-corrected chi connectivity index (χ3v) is 3.01. The minimum Gasteiger partial charge on any atom is -0.469 e. The largest absolute Gasteiger partial charge is 0.469 e. The summed E-state index contributed by atoms with van der Waals surface area (Å²) in [6, 6.07) is 11.1. The van der Waals surface area contributed by atoms with E-state index < -0.39 is 5.97 Å². The zero-order valence-corrected chi connectivity index (χ0v) is 10.9. The lowest BCUT2D eigenvalue weighted by molar-refractivity contribution is -0.139. The van der Waals surface area contributed by atoms with Gasteiger partial charge in [0.1, 0.15) is 0 Å². The Hall–Kier alpha value is -2.36. The van der Waals surface area contributed by atoms with Crippen LogP contribution >= 0.6 is 0 Å². The Bertz CT molecular complexity index is 644. The number of benzene rings is 1. The smallest absolute Gasteiger partial charge is 0.310 e. The van der Waals surface area contributed by atoms with Crippen LogP contribution in [0.3, 0.4) is 0 Å². The highest BCUT2D eigenvalue weighted by Gasteiger charge is 2.12. The van der Waals surface area contributed by atoms with Gasteiger partial charge in [-0.25, -0.2) is 0 Å². The maximum atomic E-state index is 12.4. The number of rotatable bonds is 3. The standard InChI is InChI=1S/C15H15NO3/c1-11-8-9-16(12-6-4-3-5-7-12)15(18)13(11)10-14(17)19-2/h3-9H,10H2,1-2H3. The van der Waals surface area contributed by atoms with Crippen molar-refractivity contribution in [1.29, 1.82) is 0 Å². The van der Waals surface area contributed by atoms with Gasteiger partial charge in [0.2, 0.25) is 0 Å². The molecule has 0 saturated carbocycles. The third kappa shape index (κ3) is 2.73. The van der Waals surface area contributed by atoms with Crippen LogP contribution in [0.25, 0.3) is 5.69 Å². The van der Waals surface area contributed by atoms with Gasteiger partial charge in [-0.1, -0.05) is 18.2 Å². The number of hydrogen-bond donors (Lipinski definition) is 0. The lowest BCUT2D eigenvalue weighted by atomic mass is 10.1. The predicted molar refractivity (Wildman–Crippen MR) is 72.5 cm³/mol. The zero-order chi connectivity index (χ0) is 13.8. The lowest BCUT2D eigenvalue weighted by Crippen LogP contribution is -2.25. The first-order valence-electron chi connectivity index (χ1n) is 5.97. The molecule has 0 aliphatic rings. The van der Waals surface area contributed by atoms with E-state index in [2.05, 4.69) is 4.74 Å². The maximum absolute atomic E-state index is 12.4. The fourth-order valence-electron chi connectivity index (χ4n) is 1.89. The molecular formula is C15H15NO3. The summed E-state index contributed by atoms with van der Waals surface area (Å²) in [4.78, 5) is 23.8. The molecule has 2 rings (SSSR count). The second kappa shape index (κ2) is 5.52. The highest BCUT2D eigenvalue weighted by Crippen LogP contribution is 2.08. The molecule has 0 unspecified atom stereocenters. The summed E-state index contributed by atoms with van der Waals surface area (Å²) in [7, 11) is 1.32. The number of para-hydroxylation sites is 1. The molecule has 0 spiro atoms. The molecule has 0 N–H and O–H groups in total. The van der Waals surface area contributed by atoms with Gasteiger partial charge in [-0.05, 0) is 30.7 Å². The quantitative estimate of drug-likeness (QED) is 0.788. The first-order valence-corrected chi connectivity index (χ1v) is 5.97. The van der Waals surface area contributed by atoms with Crippen LogP contribution in [0.5, 0.6) is 0 Å². The van der Waals surface area contributed by atoms with E-state index >= 15 is 0 Å². The van der Waals surface area contributed by atoms with Gasteiger partial charge in [-0.3, -0.25) is 14.2 Å². The number of hydrogen-bond acceptors (Lipinski definition) is 3. The van der Waals surface area contributed by atoms with Crippen molar-refractivity contribution in [2.24, 2.45) is 0 Å². The summed E-state index contributed by atoms with van der Waals surface area (Å²) in [5, 5.41) is 0. The number of carbonyl (C=O) groups is 1. The monoisotopic (exact) mass is 257 g/mol. The molecule has 0 fully saturated rings. The number of carbonyl (C=O) groups excluding carboxylic acids is 1. The summed E-state index contributed by atoms with van der Waals surface area (Å²) in [5.74, 6) is -0.411. The Labute approximate surface area is 111 Å². The molecule has 0 radical (unpaired) electrons. The van der Waals surface area contributed by atoms with E-state index in [9.17, 15) is 9.59 Å². The van der Waals surface area contributed by atoms with Crippen molar-refractivity contribution in [3.8, 4) is 5.69 Å². The van der Waals surface area contributed by atoms with E-state index in [1.165, 1.54) is 11.7 Å². The number of aromatic nitrogens is 1. The molecular weight excluding hydrogens is 242 g/mol. The van der Waals surface area contributed by atoms with Gasteiger partial charge >= 0.3 is 5.97 Å². The van der Waals surface area contributed by atoms with Crippen LogP contribution in [0.4, 0.5) is 0 Å². The summed E-state index contributed by atoms with van der Waals surface area (Å²) in [6.07, 6.45) is 1.71. The molecule has 0 atom stereocenters.